The number of carboxylic acid groups (broad SMARTS) is 2. The lowest BCUT2D eigenvalue weighted by molar-refractivity contribution is -0.208. The number of aliphatic carboxylic acids is 2. The van der Waals surface area contributed by atoms with E-state index in [1.54, 1.807) is 11.7 Å². The molecule has 0 amide bonds. The summed E-state index contributed by atoms with van der Waals surface area (Å²) >= 11 is 0. The summed E-state index contributed by atoms with van der Waals surface area (Å²) in [7, 11) is 3.98. The van der Waals surface area contributed by atoms with Crippen molar-refractivity contribution in [2.24, 2.45) is 7.05 Å². The van der Waals surface area contributed by atoms with Crippen molar-refractivity contribution in [2.75, 3.05) is 33.2 Å². The first kappa shape index (κ1) is 35.7. The van der Waals surface area contributed by atoms with Gasteiger partial charge >= 0.3 is 11.9 Å². The highest BCUT2D eigenvalue weighted by Gasteiger charge is 2.35. The van der Waals surface area contributed by atoms with Gasteiger partial charge in [0.25, 0.3) is 12.0 Å². The van der Waals surface area contributed by atoms with Crippen LogP contribution in [-0.2, 0) is 43.9 Å². The molecule has 15 heteroatoms. The van der Waals surface area contributed by atoms with Gasteiger partial charge in [0.1, 0.15) is 31.0 Å². The van der Waals surface area contributed by atoms with Crippen LogP contribution in [0.5, 0.6) is 0 Å². The number of benzene rings is 1. The van der Waals surface area contributed by atoms with E-state index in [2.05, 4.69) is 63.7 Å². The highest BCUT2D eigenvalue weighted by Crippen LogP contribution is 2.24. The normalized spacial score (nSPS) is 13.8. The van der Waals surface area contributed by atoms with Crippen molar-refractivity contribution in [3.63, 3.8) is 0 Å². The van der Waals surface area contributed by atoms with Crippen molar-refractivity contribution in [1.29, 1.82) is 0 Å². The lowest BCUT2D eigenvalue weighted by Gasteiger charge is -2.32. The summed E-state index contributed by atoms with van der Waals surface area (Å²) in [6.45, 7) is 11.3. The number of rotatable bonds is 11. The number of likely N-dealkylation sites (N-methyl/N-ethyl adjacent to an activating group) is 1. The number of fused-ring (bicyclic) bond motifs is 1. The molecular weight excluding hydrogens is 576 g/mol. The van der Waals surface area contributed by atoms with Gasteiger partial charge in [-0.25, -0.2) is 4.98 Å². The molecule has 15 nitrogen and oxygen atoms in total. The largest absolute Gasteiger partial charge is 0.481 e. The van der Waals surface area contributed by atoms with Gasteiger partial charge in [-0.1, -0.05) is 25.5 Å². The molecule has 3 aromatic rings. The maximum Gasteiger partial charge on any atom is 0.310 e. The summed E-state index contributed by atoms with van der Waals surface area (Å²) in [5, 5.41) is 30.1. The van der Waals surface area contributed by atoms with Gasteiger partial charge in [-0.15, -0.1) is 0 Å². The molecule has 0 radical (unpaired) electrons. The number of aromatic amines is 1. The van der Waals surface area contributed by atoms with Crippen molar-refractivity contribution in [1.82, 2.24) is 29.5 Å². The third-order valence-electron chi connectivity index (χ3n) is 6.93. The highest BCUT2D eigenvalue weighted by atomic mass is 16.6. The van der Waals surface area contributed by atoms with Gasteiger partial charge in [0, 0.05) is 45.3 Å². The number of carbonyl (C=O) groups is 4. The Morgan fingerprint density at radius 2 is 1.73 bits per heavy atom. The number of aromatic nitrogens is 4. The van der Waals surface area contributed by atoms with Crippen LogP contribution < -0.4 is 5.56 Å². The summed E-state index contributed by atoms with van der Waals surface area (Å²) in [4.78, 5) is 63.5. The molecule has 0 aliphatic carbocycles. The fraction of sp³-hybridized carbons (Fsp3) is 0.483. The first-order valence-corrected chi connectivity index (χ1v) is 13.9. The van der Waals surface area contributed by atoms with E-state index in [0.29, 0.717) is 11.3 Å². The van der Waals surface area contributed by atoms with Gasteiger partial charge in [0.05, 0.1) is 5.69 Å². The Morgan fingerprint density at radius 1 is 1.11 bits per heavy atom. The Bertz CT molecular complexity index is 1480. The molecule has 2 aromatic heterocycles. The molecule has 0 atom stereocenters. The van der Waals surface area contributed by atoms with Gasteiger partial charge in [0.15, 0.2) is 5.52 Å². The van der Waals surface area contributed by atoms with E-state index in [-0.39, 0.29) is 12.0 Å². The molecular formula is C29H40N6O9. The smallest absolute Gasteiger partial charge is 0.310 e. The second-order valence-corrected chi connectivity index (χ2v) is 10.5. The molecule has 1 aromatic carbocycles. The Hall–Kier alpha value is -4.47. The maximum absolute atomic E-state index is 12.8. The summed E-state index contributed by atoms with van der Waals surface area (Å²) in [5.74, 6) is -4.78. The van der Waals surface area contributed by atoms with Gasteiger partial charge in [-0.3, -0.25) is 28.8 Å². The lowest BCUT2D eigenvalue weighted by Crippen LogP contribution is -2.43. The second kappa shape index (κ2) is 16.4. The molecule has 0 saturated carbocycles. The summed E-state index contributed by atoms with van der Waals surface area (Å²) in [6.07, 6.45) is -0.165. The third kappa shape index (κ3) is 9.79. The Morgan fingerprint density at radius 3 is 2.27 bits per heavy atom. The molecule has 44 heavy (non-hydrogen) atoms. The number of H-pyrrole nitrogens is 1. The molecule has 1 fully saturated rings. The Kier molecular flexibility index (Phi) is 13.3. The predicted molar refractivity (Wildman–Crippen MR) is 160 cm³/mol. The maximum atomic E-state index is 12.8. The Balaban J connectivity index is 0.000000382. The fourth-order valence-corrected chi connectivity index (χ4v) is 4.77. The number of hydrogen-bond donors (Lipinski definition) is 4. The van der Waals surface area contributed by atoms with Crippen LogP contribution in [0.1, 0.15) is 43.0 Å². The minimum absolute atomic E-state index is 0.133. The van der Waals surface area contributed by atoms with Gasteiger partial charge < -0.3 is 34.7 Å². The zero-order chi connectivity index (χ0) is 33.0. The third-order valence-corrected chi connectivity index (χ3v) is 6.93. The molecule has 0 spiro atoms. The van der Waals surface area contributed by atoms with Crippen LogP contribution in [0.4, 0.5) is 0 Å². The number of carboxylic acids is 2. The zero-order valence-electron chi connectivity index (χ0n) is 25.4. The average Bonchev–Trinajstić information content (AvgIpc) is 3.27. The van der Waals surface area contributed by atoms with E-state index < -0.39 is 30.6 Å². The van der Waals surface area contributed by atoms with Crippen LogP contribution in [0.3, 0.4) is 0 Å². The number of piperazine rings is 1. The van der Waals surface area contributed by atoms with Crippen LogP contribution in [0, 0.1) is 6.92 Å². The van der Waals surface area contributed by atoms with E-state index in [4.69, 9.17) is 25.1 Å². The molecule has 0 bridgehead atoms. The van der Waals surface area contributed by atoms with Gasteiger partial charge in [-0.05, 0) is 37.6 Å². The number of hydrogen-bond acceptors (Lipinski definition) is 11. The molecule has 3 heterocycles. The van der Waals surface area contributed by atoms with E-state index in [0.717, 1.165) is 67.9 Å². The van der Waals surface area contributed by atoms with E-state index in [1.807, 2.05) is 6.79 Å². The number of nitrogens with zero attached hydrogens (tertiary/aromatic N) is 5. The van der Waals surface area contributed by atoms with Crippen LogP contribution in [0.25, 0.3) is 22.4 Å². The number of aryl methyl sites for hydroxylation is 3. The van der Waals surface area contributed by atoms with Crippen LogP contribution in [0.15, 0.2) is 23.0 Å². The second-order valence-electron chi connectivity index (χ2n) is 10.5. The van der Waals surface area contributed by atoms with E-state index in [1.165, 1.54) is 5.56 Å². The van der Waals surface area contributed by atoms with Crippen molar-refractivity contribution in [3.8, 4) is 11.4 Å². The first-order chi connectivity index (χ1) is 20.9. The van der Waals surface area contributed by atoms with Crippen molar-refractivity contribution in [2.45, 2.75) is 51.9 Å². The molecule has 0 unspecified atom stereocenters. The fourth-order valence-electron chi connectivity index (χ4n) is 4.77. The standard InChI is InChI=1S/C22H30N6O.C6H8O7.CH2O/c1-5-6-18-19-20(27(4)25-18)22(29)24-21(23-19)17-13-16(8-7-15(17)2)14-28-11-9-26(3)10-12-28;7-3-13-6(12,1-4(8)9)2-5(10)11;1-2/h7-8,13H,5-6,9-12,14H2,1-4H3,(H,23,24,29);3,12H,1-2H2,(H,8,9)(H,10,11);1H2. The monoisotopic (exact) mass is 616 g/mol. The molecule has 1 aliphatic rings. The topological polar surface area (TPSA) is 208 Å². The highest BCUT2D eigenvalue weighted by molar-refractivity contribution is 5.79. The Labute approximate surface area is 254 Å². The molecule has 240 valence electrons. The number of carbonyl (C=O) groups excluding carboxylic acids is 2. The predicted octanol–water partition coefficient (Wildman–Crippen LogP) is 0.944. The zero-order valence-corrected chi connectivity index (χ0v) is 25.4. The van der Waals surface area contributed by atoms with Crippen LogP contribution in [-0.4, -0.2) is 109 Å². The SMILES string of the molecule is C=O.CCCc1nn(C)c2c(=O)[nH]c(-c3cc(CN4CCN(C)CC4)ccc3C)nc12.O=COC(O)(CC(=O)O)CC(=O)O. The number of aliphatic hydroxyl groups is 1. The van der Waals surface area contributed by atoms with Crippen LogP contribution >= 0.6 is 0 Å². The number of nitrogens with one attached hydrogen (secondary N) is 1. The average molecular weight is 617 g/mol. The summed E-state index contributed by atoms with van der Waals surface area (Å²) in [5.41, 5.74) is 5.37. The molecule has 4 rings (SSSR count). The summed E-state index contributed by atoms with van der Waals surface area (Å²) < 4.78 is 5.61. The summed E-state index contributed by atoms with van der Waals surface area (Å²) in [6, 6.07) is 6.48. The van der Waals surface area contributed by atoms with E-state index in [9.17, 15) is 19.2 Å². The quantitative estimate of drug-likeness (QED) is 0.175. The molecule has 1 aliphatic heterocycles. The van der Waals surface area contributed by atoms with Gasteiger partial charge in [-0.2, -0.15) is 5.10 Å². The van der Waals surface area contributed by atoms with E-state index >= 15 is 0 Å². The van der Waals surface area contributed by atoms with Crippen molar-refractivity contribution >= 4 is 36.2 Å². The number of ether oxygens (including phenoxy) is 1. The minimum Gasteiger partial charge on any atom is -0.481 e. The molecule has 4 N–H and O–H groups in total. The van der Waals surface area contributed by atoms with Crippen LogP contribution in [0.2, 0.25) is 0 Å². The lowest BCUT2D eigenvalue weighted by atomic mass is 10.0. The van der Waals surface area contributed by atoms with Crippen molar-refractivity contribution in [3.05, 3.63) is 45.4 Å². The minimum atomic E-state index is -2.47. The van der Waals surface area contributed by atoms with Gasteiger partial charge in [0.2, 0.25) is 5.79 Å². The molecule has 1 saturated heterocycles. The van der Waals surface area contributed by atoms with Crippen molar-refractivity contribution < 1.29 is 39.2 Å². The first-order valence-electron chi connectivity index (χ1n) is 13.9.